The fourth-order valence-electron chi connectivity index (χ4n) is 1.32. The van der Waals surface area contributed by atoms with Gasteiger partial charge in [-0.1, -0.05) is 0 Å². The van der Waals surface area contributed by atoms with Gasteiger partial charge in [0.1, 0.15) is 12.4 Å². The predicted octanol–water partition coefficient (Wildman–Crippen LogP) is -0.636. The van der Waals surface area contributed by atoms with Crippen LogP contribution in [0.25, 0.3) is 0 Å². The molecule has 0 spiro atoms. The Labute approximate surface area is 110 Å². The molecule has 1 rings (SSSR count). The molecule has 0 aliphatic heterocycles. The summed E-state index contributed by atoms with van der Waals surface area (Å²) in [5, 5.41) is 2.89. The van der Waals surface area contributed by atoms with E-state index in [9.17, 15) is 9.59 Å². The van der Waals surface area contributed by atoms with Gasteiger partial charge in [-0.15, -0.1) is 0 Å². The van der Waals surface area contributed by atoms with Gasteiger partial charge in [0.15, 0.2) is 0 Å². The minimum atomic E-state index is -0.537. The molecule has 0 unspecified atom stereocenters. The summed E-state index contributed by atoms with van der Waals surface area (Å²) in [4.78, 5) is 25.8. The first kappa shape index (κ1) is 14.7. The molecule has 0 aliphatic carbocycles. The maximum absolute atomic E-state index is 11.4. The largest absolute Gasteiger partial charge is 0.465 e. The number of ether oxygens (including phenoxy) is 2. The predicted molar refractivity (Wildman–Crippen MR) is 68.5 cm³/mol. The molecule has 1 aromatic rings. The zero-order valence-corrected chi connectivity index (χ0v) is 10.5. The van der Waals surface area contributed by atoms with E-state index in [0.717, 1.165) is 0 Å². The number of nitrogens with two attached hydrogens (primary N) is 2. The number of carbonyl (C=O) groups is 2. The van der Waals surface area contributed by atoms with Gasteiger partial charge in [-0.2, -0.15) is 0 Å². The monoisotopic (exact) mass is 268 g/mol. The number of hydrogen-bond acceptors (Lipinski definition) is 7. The fraction of sp³-hybridized carbons (Fsp3) is 0.364. The molecule has 0 saturated heterocycles. The number of amides is 1. The van der Waals surface area contributed by atoms with Crippen LogP contribution < -0.4 is 16.8 Å². The molecule has 8 nitrogen and oxygen atoms in total. The van der Waals surface area contributed by atoms with Crippen LogP contribution in [0, 0.1) is 0 Å². The van der Waals surface area contributed by atoms with Crippen LogP contribution in [-0.2, 0) is 14.3 Å². The van der Waals surface area contributed by atoms with Crippen molar-refractivity contribution in [3.63, 3.8) is 0 Å². The summed E-state index contributed by atoms with van der Waals surface area (Å²) in [6.07, 6.45) is 1.44. The van der Waals surface area contributed by atoms with Crippen LogP contribution in [-0.4, -0.2) is 43.7 Å². The van der Waals surface area contributed by atoms with E-state index < -0.39 is 11.9 Å². The first-order chi connectivity index (χ1) is 9.06. The van der Waals surface area contributed by atoms with Gasteiger partial charge in [-0.25, -0.2) is 9.78 Å². The molecule has 1 amide bonds. The van der Waals surface area contributed by atoms with Gasteiger partial charge in [-0.05, 0) is 6.07 Å². The molecule has 8 heteroatoms. The van der Waals surface area contributed by atoms with Crippen LogP contribution in [0.3, 0.4) is 0 Å². The number of aromatic nitrogens is 1. The van der Waals surface area contributed by atoms with Crippen LogP contribution in [0.5, 0.6) is 0 Å². The normalized spacial score (nSPS) is 9.95. The van der Waals surface area contributed by atoms with Crippen LogP contribution in [0.2, 0.25) is 0 Å². The second-order valence-corrected chi connectivity index (χ2v) is 3.56. The summed E-state index contributed by atoms with van der Waals surface area (Å²) >= 11 is 0. The molecule has 5 N–H and O–H groups in total. The Balaban J connectivity index is 2.54. The molecule has 1 heterocycles. The number of rotatable bonds is 7. The SMILES string of the molecule is COC(=O)c1ccnc(NCCOCC(N)=O)c1N. The highest BCUT2D eigenvalue weighted by atomic mass is 16.5. The molecule has 0 saturated carbocycles. The van der Waals surface area contributed by atoms with Gasteiger partial charge >= 0.3 is 5.97 Å². The van der Waals surface area contributed by atoms with Gasteiger partial charge in [0.05, 0.1) is 25.0 Å². The van der Waals surface area contributed by atoms with Gasteiger partial charge in [0.2, 0.25) is 5.91 Å². The van der Waals surface area contributed by atoms with Crippen molar-refractivity contribution in [2.75, 3.05) is 37.9 Å². The zero-order chi connectivity index (χ0) is 14.3. The molecule has 0 atom stereocenters. The molecule has 19 heavy (non-hydrogen) atoms. The number of carbonyl (C=O) groups excluding carboxylic acids is 2. The third kappa shape index (κ3) is 4.43. The lowest BCUT2D eigenvalue weighted by Gasteiger charge is -2.10. The summed E-state index contributed by atoms with van der Waals surface area (Å²) in [5.41, 5.74) is 11.1. The number of nitrogens with zero attached hydrogens (tertiary/aromatic N) is 1. The Kier molecular flexibility index (Phi) is 5.55. The van der Waals surface area contributed by atoms with Crippen LogP contribution >= 0.6 is 0 Å². The Morgan fingerprint density at radius 3 is 2.84 bits per heavy atom. The lowest BCUT2D eigenvalue weighted by Crippen LogP contribution is -2.21. The van der Waals surface area contributed by atoms with Gasteiger partial charge in [-0.3, -0.25) is 4.79 Å². The standard InChI is InChI=1S/C11H16N4O4/c1-18-11(17)7-2-3-14-10(9(7)13)15-4-5-19-6-8(12)16/h2-3H,4-6,13H2,1H3,(H2,12,16)(H,14,15). The van der Waals surface area contributed by atoms with E-state index in [4.69, 9.17) is 16.2 Å². The van der Waals surface area contributed by atoms with E-state index in [0.29, 0.717) is 12.4 Å². The maximum Gasteiger partial charge on any atom is 0.340 e. The van der Waals surface area contributed by atoms with Crippen LogP contribution in [0.4, 0.5) is 11.5 Å². The molecule has 1 aromatic heterocycles. The zero-order valence-electron chi connectivity index (χ0n) is 10.5. The van der Waals surface area contributed by atoms with Crippen molar-refractivity contribution in [2.45, 2.75) is 0 Å². The number of hydrogen-bond donors (Lipinski definition) is 3. The summed E-state index contributed by atoms with van der Waals surface area (Å²) in [5.74, 6) is -0.719. The summed E-state index contributed by atoms with van der Waals surface area (Å²) in [6, 6.07) is 1.47. The van der Waals surface area contributed by atoms with E-state index in [1.165, 1.54) is 19.4 Å². The number of anilines is 2. The average molecular weight is 268 g/mol. The number of methoxy groups -OCH3 is 1. The Bertz CT molecular complexity index is 464. The highest BCUT2D eigenvalue weighted by Crippen LogP contribution is 2.20. The van der Waals surface area contributed by atoms with E-state index in [2.05, 4.69) is 15.0 Å². The van der Waals surface area contributed by atoms with Crippen LogP contribution in [0.15, 0.2) is 12.3 Å². The third-order valence-electron chi connectivity index (χ3n) is 2.18. The highest BCUT2D eigenvalue weighted by molar-refractivity contribution is 5.97. The highest BCUT2D eigenvalue weighted by Gasteiger charge is 2.13. The number of primary amides is 1. The molecule has 0 radical (unpaired) electrons. The lowest BCUT2D eigenvalue weighted by molar-refractivity contribution is -0.122. The minimum Gasteiger partial charge on any atom is -0.465 e. The Morgan fingerprint density at radius 1 is 1.47 bits per heavy atom. The number of pyridine rings is 1. The quantitative estimate of drug-likeness (QED) is 0.443. The first-order valence-electron chi connectivity index (χ1n) is 5.49. The lowest BCUT2D eigenvalue weighted by atomic mass is 10.2. The fourth-order valence-corrected chi connectivity index (χ4v) is 1.32. The van der Waals surface area contributed by atoms with E-state index in [1.807, 2.05) is 0 Å². The van der Waals surface area contributed by atoms with Crippen molar-refractivity contribution in [3.8, 4) is 0 Å². The molecule has 104 valence electrons. The molecular formula is C11H16N4O4. The number of esters is 1. The van der Waals surface area contributed by atoms with Crippen molar-refractivity contribution in [1.82, 2.24) is 4.98 Å². The molecular weight excluding hydrogens is 252 g/mol. The van der Waals surface area contributed by atoms with Crippen molar-refractivity contribution < 1.29 is 19.1 Å². The van der Waals surface area contributed by atoms with E-state index in [-0.39, 0.29) is 24.5 Å². The summed E-state index contributed by atoms with van der Waals surface area (Å²) in [6.45, 7) is 0.481. The van der Waals surface area contributed by atoms with Crippen molar-refractivity contribution in [1.29, 1.82) is 0 Å². The second-order valence-electron chi connectivity index (χ2n) is 3.56. The number of nitrogens with one attached hydrogen (secondary N) is 1. The van der Waals surface area contributed by atoms with Gasteiger partial charge in [0, 0.05) is 12.7 Å². The first-order valence-corrected chi connectivity index (χ1v) is 5.49. The molecule has 0 bridgehead atoms. The van der Waals surface area contributed by atoms with Gasteiger partial charge in [0.25, 0.3) is 0 Å². The smallest absolute Gasteiger partial charge is 0.340 e. The van der Waals surface area contributed by atoms with Crippen molar-refractivity contribution in [3.05, 3.63) is 17.8 Å². The van der Waals surface area contributed by atoms with Crippen LogP contribution in [0.1, 0.15) is 10.4 Å². The summed E-state index contributed by atoms with van der Waals surface area (Å²) < 4.78 is 9.55. The Morgan fingerprint density at radius 2 is 2.21 bits per heavy atom. The van der Waals surface area contributed by atoms with Crippen molar-refractivity contribution in [2.24, 2.45) is 5.73 Å². The third-order valence-corrected chi connectivity index (χ3v) is 2.18. The molecule has 0 aromatic carbocycles. The maximum atomic E-state index is 11.4. The van der Waals surface area contributed by atoms with E-state index in [1.54, 1.807) is 0 Å². The number of nitrogen functional groups attached to an aromatic ring is 1. The van der Waals surface area contributed by atoms with E-state index >= 15 is 0 Å². The minimum absolute atomic E-state index is 0.146. The topological polar surface area (TPSA) is 130 Å². The van der Waals surface area contributed by atoms with Gasteiger partial charge < -0.3 is 26.3 Å². The van der Waals surface area contributed by atoms with Crippen molar-refractivity contribution >= 4 is 23.4 Å². The average Bonchev–Trinajstić information content (AvgIpc) is 2.39. The Hall–Kier alpha value is -2.35. The second kappa shape index (κ2) is 7.17. The summed E-state index contributed by atoms with van der Waals surface area (Å²) in [7, 11) is 1.27. The molecule has 0 fully saturated rings. The molecule has 0 aliphatic rings.